The summed E-state index contributed by atoms with van der Waals surface area (Å²) in [6, 6.07) is 5.24. The number of oxime groups is 1. The Balaban J connectivity index is 1.44. The van der Waals surface area contributed by atoms with Crippen molar-refractivity contribution in [2.45, 2.75) is 19.1 Å². The Bertz CT molecular complexity index is 728. The molecule has 7 nitrogen and oxygen atoms in total. The van der Waals surface area contributed by atoms with Gasteiger partial charge in [-0.1, -0.05) is 16.4 Å². The van der Waals surface area contributed by atoms with E-state index in [1.807, 2.05) is 17.0 Å². The van der Waals surface area contributed by atoms with Gasteiger partial charge in [0, 0.05) is 31.3 Å². The lowest BCUT2D eigenvalue weighted by molar-refractivity contribution is 0.0693. The van der Waals surface area contributed by atoms with Crippen LogP contribution in [0, 0.1) is 5.82 Å². The van der Waals surface area contributed by atoms with E-state index in [-0.39, 0.29) is 11.9 Å². The van der Waals surface area contributed by atoms with Crippen LogP contribution in [0.2, 0.25) is 0 Å². The molecule has 1 aromatic carbocycles. The van der Waals surface area contributed by atoms with E-state index in [1.165, 1.54) is 6.07 Å². The van der Waals surface area contributed by atoms with Crippen molar-refractivity contribution in [3.63, 3.8) is 0 Å². The number of ether oxygens (including phenoxy) is 1. The number of hydrogen-bond donors (Lipinski definition) is 0. The van der Waals surface area contributed by atoms with Gasteiger partial charge in [0.25, 0.3) is 0 Å². The van der Waals surface area contributed by atoms with Gasteiger partial charge in [-0.25, -0.2) is 9.07 Å². The lowest BCUT2D eigenvalue weighted by Crippen LogP contribution is -2.36. The average molecular weight is 331 g/mol. The summed E-state index contributed by atoms with van der Waals surface area (Å²) in [6.07, 6.45) is 3.91. The minimum absolute atomic E-state index is 0.108. The Morgan fingerprint density at radius 1 is 1.25 bits per heavy atom. The minimum atomic E-state index is -0.239. The smallest absolute Gasteiger partial charge is 0.152 e. The largest absolute Gasteiger partial charge is 0.390 e. The first-order chi connectivity index (χ1) is 11.8. The summed E-state index contributed by atoms with van der Waals surface area (Å²) in [5.74, 6) is -0.239. The average Bonchev–Trinajstić information content (AvgIpc) is 3.28. The molecule has 126 valence electrons. The molecule has 0 spiro atoms. The molecule has 2 aromatic rings. The molecule has 1 fully saturated rings. The van der Waals surface area contributed by atoms with Gasteiger partial charge in [0.2, 0.25) is 0 Å². The number of benzene rings is 1. The van der Waals surface area contributed by atoms with Gasteiger partial charge in [-0.2, -0.15) is 0 Å². The molecule has 1 atom stereocenters. The lowest BCUT2D eigenvalue weighted by atomic mass is 10.0. The standard InChI is InChI=1S/C16H18FN5O2/c17-14-9-12(1-2-16(14)21-5-7-23-8-6-21)15-10-13(24-19-15)11-22-4-3-18-20-22/h1-4,9,13H,5-8,10-11H2/t13-/m0/s1. The quantitative estimate of drug-likeness (QED) is 0.848. The zero-order chi connectivity index (χ0) is 16.4. The van der Waals surface area contributed by atoms with Crippen molar-refractivity contribution in [3.8, 4) is 0 Å². The summed E-state index contributed by atoms with van der Waals surface area (Å²) >= 11 is 0. The summed E-state index contributed by atoms with van der Waals surface area (Å²) < 4.78 is 21.5. The summed E-state index contributed by atoms with van der Waals surface area (Å²) in [5.41, 5.74) is 2.12. The molecule has 1 saturated heterocycles. The van der Waals surface area contributed by atoms with Crippen molar-refractivity contribution in [1.82, 2.24) is 15.0 Å². The van der Waals surface area contributed by atoms with Gasteiger partial charge in [0.15, 0.2) is 6.10 Å². The molecular formula is C16H18FN5O2. The second-order valence-corrected chi connectivity index (χ2v) is 5.86. The van der Waals surface area contributed by atoms with Crippen LogP contribution in [0.1, 0.15) is 12.0 Å². The molecule has 24 heavy (non-hydrogen) atoms. The molecule has 0 bridgehead atoms. The van der Waals surface area contributed by atoms with E-state index in [0.29, 0.717) is 45.0 Å². The van der Waals surface area contributed by atoms with E-state index in [4.69, 9.17) is 9.57 Å². The normalized spacial score (nSPS) is 20.8. The Morgan fingerprint density at radius 3 is 2.88 bits per heavy atom. The molecule has 0 N–H and O–H groups in total. The van der Waals surface area contributed by atoms with E-state index in [2.05, 4.69) is 15.5 Å². The number of aromatic nitrogens is 3. The molecule has 4 rings (SSSR count). The number of hydrogen-bond acceptors (Lipinski definition) is 6. The number of nitrogens with zero attached hydrogens (tertiary/aromatic N) is 5. The Labute approximate surface area is 138 Å². The summed E-state index contributed by atoms with van der Waals surface area (Å²) in [6.45, 7) is 3.25. The Hall–Kier alpha value is -2.48. The van der Waals surface area contributed by atoms with Gasteiger partial charge in [0.1, 0.15) is 5.82 Å². The predicted octanol–water partition coefficient (Wildman–Crippen LogP) is 1.45. The first-order valence-electron chi connectivity index (χ1n) is 7.99. The van der Waals surface area contributed by atoms with Crippen molar-refractivity contribution in [2.24, 2.45) is 5.16 Å². The van der Waals surface area contributed by atoms with Crippen LogP contribution in [0.4, 0.5) is 10.1 Å². The fourth-order valence-corrected chi connectivity index (χ4v) is 2.98. The minimum Gasteiger partial charge on any atom is -0.390 e. The molecule has 0 saturated carbocycles. The highest BCUT2D eigenvalue weighted by molar-refractivity contribution is 6.01. The van der Waals surface area contributed by atoms with E-state index in [0.717, 1.165) is 11.3 Å². The van der Waals surface area contributed by atoms with Crippen molar-refractivity contribution in [3.05, 3.63) is 42.0 Å². The zero-order valence-electron chi connectivity index (χ0n) is 13.1. The summed E-state index contributed by atoms with van der Waals surface area (Å²) in [7, 11) is 0. The highest BCUT2D eigenvalue weighted by atomic mass is 19.1. The van der Waals surface area contributed by atoms with E-state index in [9.17, 15) is 4.39 Å². The van der Waals surface area contributed by atoms with Gasteiger partial charge in [-0.15, -0.1) is 5.10 Å². The van der Waals surface area contributed by atoms with Gasteiger partial charge in [-0.05, 0) is 12.1 Å². The fourth-order valence-electron chi connectivity index (χ4n) is 2.98. The molecule has 2 aliphatic rings. The molecule has 0 aliphatic carbocycles. The molecular weight excluding hydrogens is 313 g/mol. The Kier molecular flexibility index (Phi) is 4.12. The van der Waals surface area contributed by atoms with Crippen LogP contribution in [0.5, 0.6) is 0 Å². The fraction of sp³-hybridized carbons (Fsp3) is 0.438. The van der Waals surface area contributed by atoms with Gasteiger partial charge in [0.05, 0.1) is 37.4 Å². The van der Waals surface area contributed by atoms with E-state index < -0.39 is 0 Å². The van der Waals surface area contributed by atoms with Crippen molar-refractivity contribution < 1.29 is 14.0 Å². The molecule has 0 unspecified atom stereocenters. The summed E-state index contributed by atoms with van der Waals surface area (Å²) in [5, 5.41) is 11.8. The molecule has 8 heteroatoms. The van der Waals surface area contributed by atoms with Gasteiger partial charge < -0.3 is 14.5 Å². The maximum atomic E-state index is 14.5. The lowest BCUT2D eigenvalue weighted by Gasteiger charge is -2.29. The summed E-state index contributed by atoms with van der Waals surface area (Å²) in [4.78, 5) is 7.43. The zero-order valence-corrected chi connectivity index (χ0v) is 13.1. The predicted molar refractivity (Wildman–Crippen MR) is 85.5 cm³/mol. The molecule has 1 aromatic heterocycles. The number of morpholine rings is 1. The van der Waals surface area contributed by atoms with Crippen LogP contribution in [0.15, 0.2) is 35.7 Å². The highest BCUT2D eigenvalue weighted by Crippen LogP contribution is 2.24. The van der Waals surface area contributed by atoms with Gasteiger partial charge >= 0.3 is 0 Å². The van der Waals surface area contributed by atoms with Gasteiger partial charge in [-0.3, -0.25) is 0 Å². The van der Waals surface area contributed by atoms with Crippen molar-refractivity contribution in [1.29, 1.82) is 0 Å². The topological polar surface area (TPSA) is 64.8 Å². The first-order valence-corrected chi connectivity index (χ1v) is 7.99. The molecule has 2 aliphatic heterocycles. The van der Waals surface area contributed by atoms with Crippen LogP contribution in [-0.2, 0) is 16.1 Å². The Morgan fingerprint density at radius 2 is 2.12 bits per heavy atom. The third kappa shape index (κ3) is 3.09. The maximum Gasteiger partial charge on any atom is 0.152 e. The SMILES string of the molecule is Fc1cc(C2=NO[C@H](Cn3ccnn3)C2)ccc1N1CCOCC1. The number of rotatable bonds is 4. The third-order valence-electron chi connectivity index (χ3n) is 4.23. The second-order valence-electron chi connectivity index (χ2n) is 5.86. The monoisotopic (exact) mass is 331 g/mol. The van der Waals surface area contributed by atoms with Crippen LogP contribution < -0.4 is 4.90 Å². The van der Waals surface area contributed by atoms with Crippen LogP contribution in [0.3, 0.4) is 0 Å². The van der Waals surface area contributed by atoms with Crippen molar-refractivity contribution >= 4 is 11.4 Å². The molecule has 0 radical (unpaired) electrons. The highest BCUT2D eigenvalue weighted by Gasteiger charge is 2.24. The molecule has 3 heterocycles. The van der Waals surface area contributed by atoms with E-state index >= 15 is 0 Å². The molecule has 0 amide bonds. The van der Waals surface area contributed by atoms with Crippen LogP contribution >= 0.6 is 0 Å². The number of halogens is 1. The van der Waals surface area contributed by atoms with E-state index in [1.54, 1.807) is 17.1 Å². The van der Waals surface area contributed by atoms with Crippen LogP contribution in [-0.4, -0.2) is 53.1 Å². The first kappa shape index (κ1) is 15.1. The van der Waals surface area contributed by atoms with Crippen LogP contribution in [0.25, 0.3) is 0 Å². The number of anilines is 1. The third-order valence-corrected chi connectivity index (χ3v) is 4.23. The maximum absolute atomic E-state index is 14.5. The van der Waals surface area contributed by atoms with Crippen molar-refractivity contribution in [2.75, 3.05) is 31.2 Å². The second kappa shape index (κ2) is 6.56.